The number of hydrogen-bond acceptors (Lipinski definition) is 6. The molecule has 0 aliphatic heterocycles. The number of hydrogen-bond donors (Lipinski definition) is 2. The lowest BCUT2D eigenvalue weighted by molar-refractivity contribution is -0.138. The third-order valence-electron chi connectivity index (χ3n) is 2.44. The molecule has 1 atom stereocenters. The highest BCUT2D eigenvalue weighted by atomic mass is 32.2. The third kappa shape index (κ3) is 5.57. The lowest BCUT2D eigenvalue weighted by Gasteiger charge is -2.16. The predicted octanol–water partition coefficient (Wildman–Crippen LogP) is 1.07. The quantitative estimate of drug-likeness (QED) is 0.594. The van der Waals surface area contributed by atoms with Crippen LogP contribution >= 0.6 is 11.8 Å². The van der Waals surface area contributed by atoms with Crippen molar-refractivity contribution >= 4 is 34.7 Å². The van der Waals surface area contributed by atoms with Gasteiger partial charge in [-0.2, -0.15) is 0 Å². The largest absolute Gasteiger partial charge is 0.478 e. The van der Waals surface area contributed by atoms with Crippen LogP contribution in [0.5, 0.6) is 5.75 Å². The molecule has 0 aliphatic rings. The minimum atomic E-state index is -1.24. The van der Waals surface area contributed by atoms with Crippen LogP contribution in [0.1, 0.15) is 24.2 Å². The molecule has 0 bridgehead atoms. The maximum Gasteiger partial charge on any atom is 0.339 e. The summed E-state index contributed by atoms with van der Waals surface area (Å²) in [7, 11) is 0. The Kier molecular flexibility index (Phi) is 6.58. The fourth-order valence-electron chi connectivity index (χ4n) is 1.53. The molecule has 2 N–H and O–H groups in total. The topological polar surface area (TPSA) is 110 Å². The molecule has 118 valence electrons. The van der Waals surface area contributed by atoms with Crippen molar-refractivity contribution in [2.75, 3.05) is 5.75 Å². The van der Waals surface area contributed by atoms with Gasteiger partial charge in [-0.3, -0.25) is 9.59 Å². The standard InChI is InChI=1S/C14H15NO6S/c1-8(16)15-11(7-22-9(2)17)14(20)21-12-6-4-3-5-10(12)13(18)19/h3-6,11H,7H2,1-2H3,(H,15,16)(H,18,19)/t11-/m0/s1. The molecule has 0 unspecified atom stereocenters. The monoisotopic (exact) mass is 325 g/mol. The van der Waals surface area contributed by atoms with Crippen molar-refractivity contribution in [3.05, 3.63) is 29.8 Å². The molecule has 1 aromatic carbocycles. The summed E-state index contributed by atoms with van der Waals surface area (Å²) in [6, 6.07) is 4.60. The van der Waals surface area contributed by atoms with E-state index in [1.54, 1.807) is 0 Å². The maximum absolute atomic E-state index is 12.1. The molecule has 0 spiro atoms. The second-order valence-corrected chi connectivity index (χ2v) is 5.48. The number of benzene rings is 1. The lowest BCUT2D eigenvalue weighted by atomic mass is 10.2. The summed E-state index contributed by atoms with van der Waals surface area (Å²) in [4.78, 5) is 45.2. The molecule has 0 fully saturated rings. The van der Waals surface area contributed by atoms with Gasteiger partial charge in [-0.15, -0.1) is 0 Å². The molecule has 8 heteroatoms. The van der Waals surface area contributed by atoms with Gasteiger partial charge in [0, 0.05) is 19.6 Å². The molecule has 0 saturated carbocycles. The van der Waals surface area contributed by atoms with Crippen LogP contribution in [0, 0.1) is 0 Å². The van der Waals surface area contributed by atoms with E-state index < -0.39 is 23.9 Å². The Morgan fingerprint density at radius 2 is 1.86 bits per heavy atom. The molecule has 1 amide bonds. The van der Waals surface area contributed by atoms with Gasteiger partial charge in [-0.05, 0) is 12.1 Å². The van der Waals surface area contributed by atoms with E-state index >= 15 is 0 Å². The Hall–Kier alpha value is -2.35. The van der Waals surface area contributed by atoms with Crippen LogP contribution in [-0.2, 0) is 14.4 Å². The summed E-state index contributed by atoms with van der Waals surface area (Å²) in [5.74, 6) is -2.65. The molecule has 0 heterocycles. The summed E-state index contributed by atoms with van der Waals surface area (Å²) in [6.45, 7) is 2.56. The summed E-state index contributed by atoms with van der Waals surface area (Å²) < 4.78 is 5.04. The van der Waals surface area contributed by atoms with Crippen molar-refractivity contribution in [3.8, 4) is 5.75 Å². The van der Waals surface area contributed by atoms with Crippen LogP contribution < -0.4 is 10.1 Å². The van der Waals surface area contributed by atoms with Gasteiger partial charge >= 0.3 is 11.9 Å². The van der Waals surface area contributed by atoms with Crippen LogP contribution in [0.2, 0.25) is 0 Å². The second-order valence-electron chi connectivity index (χ2n) is 4.28. The summed E-state index contributed by atoms with van der Waals surface area (Å²) >= 11 is 0.860. The smallest absolute Gasteiger partial charge is 0.339 e. The summed E-state index contributed by atoms with van der Waals surface area (Å²) in [5, 5.41) is 11.2. The van der Waals surface area contributed by atoms with Gasteiger partial charge in [0.15, 0.2) is 5.12 Å². The number of carbonyl (C=O) groups excluding carboxylic acids is 3. The number of carbonyl (C=O) groups is 4. The molecule has 0 aliphatic carbocycles. The first-order valence-electron chi connectivity index (χ1n) is 6.25. The number of amides is 1. The molecular weight excluding hydrogens is 310 g/mol. The Labute approximate surface area is 131 Å². The average Bonchev–Trinajstić information content (AvgIpc) is 2.43. The zero-order valence-electron chi connectivity index (χ0n) is 12.0. The Balaban J connectivity index is 2.88. The first-order chi connectivity index (χ1) is 10.3. The van der Waals surface area contributed by atoms with Crippen LogP contribution in [-0.4, -0.2) is 39.9 Å². The van der Waals surface area contributed by atoms with Crippen molar-refractivity contribution in [2.45, 2.75) is 19.9 Å². The maximum atomic E-state index is 12.1. The zero-order chi connectivity index (χ0) is 16.7. The predicted molar refractivity (Wildman–Crippen MR) is 79.8 cm³/mol. The highest BCUT2D eigenvalue weighted by Crippen LogP contribution is 2.19. The van der Waals surface area contributed by atoms with Gasteiger partial charge in [-0.25, -0.2) is 9.59 Å². The number of rotatable bonds is 6. The van der Waals surface area contributed by atoms with E-state index in [-0.39, 0.29) is 22.2 Å². The lowest BCUT2D eigenvalue weighted by Crippen LogP contribution is -2.44. The molecular formula is C14H15NO6S. The molecule has 7 nitrogen and oxygen atoms in total. The minimum Gasteiger partial charge on any atom is -0.478 e. The van der Waals surface area contributed by atoms with Gasteiger partial charge in [0.1, 0.15) is 17.4 Å². The van der Waals surface area contributed by atoms with Gasteiger partial charge in [0.05, 0.1) is 0 Å². The SMILES string of the molecule is CC(=O)N[C@@H](CSC(C)=O)C(=O)Oc1ccccc1C(=O)O. The van der Waals surface area contributed by atoms with Crippen LogP contribution in [0.15, 0.2) is 24.3 Å². The molecule has 0 saturated heterocycles. The van der Waals surface area contributed by atoms with Gasteiger partial charge < -0.3 is 15.2 Å². The highest BCUT2D eigenvalue weighted by Gasteiger charge is 2.24. The van der Waals surface area contributed by atoms with E-state index in [0.717, 1.165) is 11.8 Å². The molecule has 0 radical (unpaired) electrons. The van der Waals surface area contributed by atoms with Crippen molar-refractivity contribution < 1.29 is 29.0 Å². The van der Waals surface area contributed by atoms with Crippen molar-refractivity contribution in [3.63, 3.8) is 0 Å². The number of esters is 1. The minimum absolute atomic E-state index is 0.00296. The fraction of sp³-hybridized carbons (Fsp3) is 0.286. The van der Waals surface area contributed by atoms with E-state index in [4.69, 9.17) is 9.84 Å². The summed E-state index contributed by atoms with van der Waals surface area (Å²) in [6.07, 6.45) is 0. The number of nitrogens with one attached hydrogen (secondary N) is 1. The van der Waals surface area contributed by atoms with Crippen LogP contribution in [0.4, 0.5) is 0 Å². The number of para-hydroxylation sites is 1. The molecule has 22 heavy (non-hydrogen) atoms. The van der Waals surface area contributed by atoms with E-state index in [1.165, 1.54) is 38.1 Å². The van der Waals surface area contributed by atoms with Crippen LogP contribution in [0.3, 0.4) is 0 Å². The summed E-state index contributed by atoms with van der Waals surface area (Å²) in [5.41, 5.74) is -0.170. The highest BCUT2D eigenvalue weighted by molar-refractivity contribution is 8.13. The van der Waals surface area contributed by atoms with Crippen LogP contribution in [0.25, 0.3) is 0 Å². The third-order valence-corrected chi connectivity index (χ3v) is 3.35. The number of ether oxygens (including phenoxy) is 1. The fourth-order valence-corrected chi connectivity index (χ4v) is 2.15. The molecule has 0 aromatic heterocycles. The van der Waals surface area contributed by atoms with Crippen molar-refractivity contribution in [2.24, 2.45) is 0 Å². The van der Waals surface area contributed by atoms with Crippen molar-refractivity contribution in [1.29, 1.82) is 0 Å². The first-order valence-corrected chi connectivity index (χ1v) is 7.24. The van der Waals surface area contributed by atoms with Gasteiger partial charge in [0.2, 0.25) is 5.91 Å². The molecule has 1 aromatic rings. The normalized spacial score (nSPS) is 11.4. The average molecular weight is 325 g/mol. The number of carboxylic acid groups (broad SMARTS) is 1. The van der Waals surface area contributed by atoms with Crippen molar-refractivity contribution in [1.82, 2.24) is 5.32 Å². The Bertz CT molecular complexity index is 601. The van der Waals surface area contributed by atoms with E-state index in [2.05, 4.69) is 5.32 Å². The number of aromatic carboxylic acids is 1. The van der Waals surface area contributed by atoms with E-state index in [9.17, 15) is 19.2 Å². The zero-order valence-corrected chi connectivity index (χ0v) is 12.8. The first kappa shape index (κ1) is 17.7. The van der Waals surface area contributed by atoms with Gasteiger partial charge in [-0.1, -0.05) is 23.9 Å². The van der Waals surface area contributed by atoms with E-state index in [0.29, 0.717) is 0 Å². The van der Waals surface area contributed by atoms with E-state index in [1.807, 2.05) is 0 Å². The number of carboxylic acids is 1. The Morgan fingerprint density at radius 3 is 2.41 bits per heavy atom. The molecule has 1 rings (SSSR count). The van der Waals surface area contributed by atoms with Gasteiger partial charge in [0.25, 0.3) is 0 Å². The second kappa shape index (κ2) is 8.18. The Morgan fingerprint density at radius 1 is 1.23 bits per heavy atom. The number of thioether (sulfide) groups is 1.